The van der Waals surface area contributed by atoms with Crippen LogP contribution in [0.5, 0.6) is 0 Å². The number of rotatable bonds is 5. The Hall–Kier alpha value is -0.320. The molecule has 1 amide bonds. The minimum Gasteiger partial charge on any atom is -0.384 e. The number of hydrogen-bond donors (Lipinski definition) is 1. The predicted molar refractivity (Wildman–Crippen MR) is 67.0 cm³/mol. The van der Waals surface area contributed by atoms with Gasteiger partial charge in [-0.15, -0.1) is 12.4 Å². The first-order valence-corrected chi connectivity index (χ1v) is 5.69. The molecule has 0 spiro atoms. The molecule has 1 aliphatic rings. The number of likely N-dealkylation sites (tertiary alicyclic amines) is 1. The number of carbonyl (C=O) groups is 1. The lowest BCUT2D eigenvalue weighted by Crippen LogP contribution is -2.41. The van der Waals surface area contributed by atoms with Crippen molar-refractivity contribution in [3.05, 3.63) is 0 Å². The van der Waals surface area contributed by atoms with Crippen LogP contribution < -0.4 is 5.32 Å². The van der Waals surface area contributed by atoms with Crippen molar-refractivity contribution in [1.82, 2.24) is 10.2 Å². The van der Waals surface area contributed by atoms with Gasteiger partial charge in [-0.05, 0) is 25.8 Å². The lowest BCUT2D eigenvalue weighted by molar-refractivity contribution is -0.133. The monoisotopic (exact) mass is 250 g/mol. The van der Waals surface area contributed by atoms with Gasteiger partial charge in [-0.2, -0.15) is 0 Å². The van der Waals surface area contributed by atoms with E-state index in [1.54, 1.807) is 7.11 Å². The van der Waals surface area contributed by atoms with Crippen LogP contribution in [0.3, 0.4) is 0 Å². The second kappa shape index (κ2) is 8.79. The van der Waals surface area contributed by atoms with Crippen molar-refractivity contribution in [2.75, 3.05) is 40.4 Å². The van der Waals surface area contributed by atoms with Gasteiger partial charge in [0.2, 0.25) is 5.91 Å². The largest absolute Gasteiger partial charge is 0.384 e. The second-order valence-electron chi connectivity index (χ2n) is 4.16. The summed E-state index contributed by atoms with van der Waals surface area (Å²) < 4.78 is 5.14. The van der Waals surface area contributed by atoms with Crippen LogP contribution in [0, 0.1) is 5.92 Å². The van der Waals surface area contributed by atoms with E-state index in [4.69, 9.17) is 4.74 Å². The van der Waals surface area contributed by atoms with Gasteiger partial charge in [-0.25, -0.2) is 0 Å². The van der Waals surface area contributed by atoms with Gasteiger partial charge < -0.3 is 15.0 Å². The molecule has 0 aromatic heterocycles. The molecule has 0 radical (unpaired) electrons. The molecule has 1 rings (SSSR count). The number of piperidine rings is 1. The molecule has 4 nitrogen and oxygen atoms in total. The number of amides is 1. The number of hydrogen-bond acceptors (Lipinski definition) is 3. The molecule has 0 aromatic carbocycles. The summed E-state index contributed by atoms with van der Waals surface area (Å²) in [6.45, 7) is 3.33. The zero-order chi connectivity index (χ0) is 11.1. The maximum atomic E-state index is 11.8. The van der Waals surface area contributed by atoms with Crippen LogP contribution >= 0.6 is 12.4 Å². The Morgan fingerprint density at radius 1 is 1.56 bits per heavy atom. The summed E-state index contributed by atoms with van der Waals surface area (Å²) in [7, 11) is 3.60. The number of nitrogens with one attached hydrogen (secondary N) is 1. The van der Waals surface area contributed by atoms with Gasteiger partial charge in [0.15, 0.2) is 0 Å². The normalized spacial score (nSPS) is 20.4. The minimum atomic E-state index is 0. The van der Waals surface area contributed by atoms with Crippen LogP contribution in [0.25, 0.3) is 0 Å². The van der Waals surface area contributed by atoms with Crippen molar-refractivity contribution >= 4 is 18.3 Å². The number of ether oxygens (including phenoxy) is 1. The fraction of sp³-hybridized carbons (Fsp3) is 0.909. The van der Waals surface area contributed by atoms with E-state index in [0.717, 1.165) is 32.7 Å². The van der Waals surface area contributed by atoms with Crippen molar-refractivity contribution in [3.8, 4) is 0 Å². The summed E-state index contributed by atoms with van der Waals surface area (Å²) >= 11 is 0. The predicted octanol–water partition coefficient (Wildman–Crippen LogP) is 0.903. The molecule has 1 atom stereocenters. The molecule has 1 fully saturated rings. The van der Waals surface area contributed by atoms with Gasteiger partial charge in [-0.3, -0.25) is 4.79 Å². The molecule has 0 saturated carbocycles. The zero-order valence-corrected chi connectivity index (χ0v) is 11.0. The minimum absolute atomic E-state index is 0. The molecule has 0 aromatic rings. The Morgan fingerprint density at radius 3 is 2.94 bits per heavy atom. The lowest BCUT2D eigenvalue weighted by atomic mass is 9.99. The fourth-order valence-corrected chi connectivity index (χ4v) is 2.05. The molecule has 96 valence electrons. The Bertz CT molecular complexity index is 200. The highest BCUT2D eigenvalue weighted by Crippen LogP contribution is 2.17. The number of nitrogens with zero attached hydrogens (tertiary/aromatic N) is 1. The molecule has 16 heavy (non-hydrogen) atoms. The molecule has 5 heteroatoms. The van der Waals surface area contributed by atoms with E-state index in [1.165, 1.54) is 6.42 Å². The lowest BCUT2D eigenvalue weighted by Gasteiger charge is -2.32. The Kier molecular flexibility index (Phi) is 8.61. The van der Waals surface area contributed by atoms with Crippen molar-refractivity contribution in [1.29, 1.82) is 0 Å². The van der Waals surface area contributed by atoms with Crippen LogP contribution in [0.2, 0.25) is 0 Å². The smallest absolute Gasteiger partial charge is 0.223 e. The maximum Gasteiger partial charge on any atom is 0.223 e. The van der Waals surface area contributed by atoms with E-state index in [2.05, 4.69) is 5.32 Å². The number of methoxy groups -OCH3 is 1. The first-order chi connectivity index (χ1) is 7.27. The average Bonchev–Trinajstić information content (AvgIpc) is 2.27. The van der Waals surface area contributed by atoms with Gasteiger partial charge in [0, 0.05) is 33.2 Å². The highest BCUT2D eigenvalue weighted by atomic mass is 35.5. The van der Waals surface area contributed by atoms with Crippen LogP contribution in [0.4, 0.5) is 0 Å². The van der Waals surface area contributed by atoms with Gasteiger partial charge in [0.1, 0.15) is 0 Å². The van der Waals surface area contributed by atoms with Crippen LogP contribution in [0.1, 0.15) is 19.3 Å². The molecule has 1 N–H and O–H groups in total. The van der Waals surface area contributed by atoms with E-state index < -0.39 is 0 Å². The highest BCUT2D eigenvalue weighted by molar-refractivity contribution is 5.85. The Labute approximate surface area is 104 Å². The summed E-state index contributed by atoms with van der Waals surface area (Å²) in [5.41, 5.74) is 0. The van der Waals surface area contributed by atoms with Crippen molar-refractivity contribution in [3.63, 3.8) is 0 Å². The van der Waals surface area contributed by atoms with E-state index in [-0.39, 0.29) is 18.3 Å². The SMILES string of the molecule is CNCCC(=O)N1CCCC(COC)C1.Cl. The van der Waals surface area contributed by atoms with Crippen LogP contribution in [-0.4, -0.2) is 51.2 Å². The molecular weight excluding hydrogens is 228 g/mol. The van der Waals surface area contributed by atoms with E-state index in [9.17, 15) is 4.79 Å². The Morgan fingerprint density at radius 2 is 2.31 bits per heavy atom. The third-order valence-corrected chi connectivity index (χ3v) is 2.86. The summed E-state index contributed by atoms with van der Waals surface area (Å²) in [5, 5.41) is 3.00. The topological polar surface area (TPSA) is 41.6 Å². The third-order valence-electron chi connectivity index (χ3n) is 2.86. The first-order valence-electron chi connectivity index (χ1n) is 5.69. The van der Waals surface area contributed by atoms with Gasteiger partial charge in [0.05, 0.1) is 6.61 Å². The van der Waals surface area contributed by atoms with Crippen molar-refractivity contribution in [2.45, 2.75) is 19.3 Å². The molecular formula is C11H23ClN2O2. The van der Waals surface area contributed by atoms with E-state index >= 15 is 0 Å². The third kappa shape index (κ3) is 5.14. The summed E-state index contributed by atoms with van der Waals surface area (Å²) in [6, 6.07) is 0. The van der Waals surface area contributed by atoms with Crippen molar-refractivity contribution < 1.29 is 9.53 Å². The number of carbonyl (C=O) groups excluding carboxylic acids is 1. The van der Waals surface area contributed by atoms with Crippen LogP contribution in [0.15, 0.2) is 0 Å². The van der Waals surface area contributed by atoms with E-state index in [0.29, 0.717) is 12.3 Å². The maximum absolute atomic E-state index is 11.8. The summed E-state index contributed by atoms with van der Waals surface area (Å²) in [6.07, 6.45) is 2.90. The molecule has 1 heterocycles. The zero-order valence-electron chi connectivity index (χ0n) is 10.2. The van der Waals surface area contributed by atoms with Crippen molar-refractivity contribution in [2.24, 2.45) is 5.92 Å². The molecule has 1 aliphatic heterocycles. The summed E-state index contributed by atoms with van der Waals surface area (Å²) in [5.74, 6) is 0.799. The molecule has 0 aliphatic carbocycles. The molecule has 1 unspecified atom stereocenters. The average molecular weight is 251 g/mol. The van der Waals surface area contributed by atoms with Gasteiger partial charge >= 0.3 is 0 Å². The highest BCUT2D eigenvalue weighted by Gasteiger charge is 2.22. The number of halogens is 1. The van der Waals surface area contributed by atoms with Gasteiger partial charge in [-0.1, -0.05) is 0 Å². The van der Waals surface area contributed by atoms with Gasteiger partial charge in [0.25, 0.3) is 0 Å². The van der Waals surface area contributed by atoms with E-state index in [1.807, 2.05) is 11.9 Å². The quantitative estimate of drug-likeness (QED) is 0.789. The Balaban J connectivity index is 0.00000225. The molecule has 1 saturated heterocycles. The molecule has 0 bridgehead atoms. The fourth-order valence-electron chi connectivity index (χ4n) is 2.05. The second-order valence-corrected chi connectivity index (χ2v) is 4.16. The first kappa shape index (κ1) is 15.7. The van der Waals surface area contributed by atoms with Crippen LogP contribution in [-0.2, 0) is 9.53 Å². The summed E-state index contributed by atoms with van der Waals surface area (Å²) in [4.78, 5) is 13.7. The standard InChI is InChI=1S/C11H22N2O2.ClH/c1-12-6-5-11(14)13-7-3-4-10(8-13)9-15-2;/h10,12H,3-9H2,1-2H3;1H.